The van der Waals surface area contributed by atoms with Crippen molar-refractivity contribution in [2.75, 3.05) is 6.26 Å². The van der Waals surface area contributed by atoms with E-state index in [1.807, 2.05) is 0 Å². The van der Waals surface area contributed by atoms with Crippen molar-refractivity contribution in [3.8, 4) is 0 Å². The standard InChI is InChI=1S/CH5NO3S.Ni/c1-6(3,4)5-2;/h2H2,1H3;. The van der Waals surface area contributed by atoms with Crippen LogP contribution in [0.25, 0.3) is 0 Å². The first-order chi connectivity index (χ1) is 2.56. The van der Waals surface area contributed by atoms with Crippen LogP contribution in [0.2, 0.25) is 0 Å². The summed E-state index contributed by atoms with van der Waals surface area (Å²) in [6.07, 6.45) is 0.868. The minimum Gasteiger partial charge on any atom is -0.198 e. The van der Waals surface area contributed by atoms with Crippen LogP contribution < -0.4 is 5.90 Å². The van der Waals surface area contributed by atoms with Gasteiger partial charge in [0.25, 0.3) is 10.1 Å². The first kappa shape index (κ1) is 10.4. The first-order valence-electron chi connectivity index (χ1n) is 1.14. The third-order valence-corrected chi connectivity index (χ3v) is 0.524. The van der Waals surface area contributed by atoms with Gasteiger partial charge in [0.2, 0.25) is 0 Å². The van der Waals surface area contributed by atoms with Crippen LogP contribution in [0, 0.1) is 0 Å². The van der Waals surface area contributed by atoms with Crippen LogP contribution in [0.1, 0.15) is 0 Å². The maximum atomic E-state index is 9.65. The quantitative estimate of drug-likeness (QED) is 0.397. The summed E-state index contributed by atoms with van der Waals surface area (Å²) in [5.74, 6) is 4.22. The molecule has 4 nitrogen and oxygen atoms in total. The molecule has 0 aromatic carbocycles. The summed E-state index contributed by atoms with van der Waals surface area (Å²) in [6, 6.07) is 0. The Kier molecular flexibility index (Phi) is 5.00. The SMILES string of the molecule is CS(=O)(=O)ON.[Ni]. The van der Waals surface area contributed by atoms with Gasteiger partial charge in [0.1, 0.15) is 0 Å². The Morgan fingerprint density at radius 2 is 1.71 bits per heavy atom. The fraction of sp³-hybridized carbons (Fsp3) is 1.00. The summed E-state index contributed by atoms with van der Waals surface area (Å²) in [6.45, 7) is 0. The van der Waals surface area contributed by atoms with Gasteiger partial charge in [0.05, 0.1) is 6.26 Å². The van der Waals surface area contributed by atoms with Crippen molar-refractivity contribution in [2.24, 2.45) is 5.90 Å². The Morgan fingerprint density at radius 1 is 1.57 bits per heavy atom. The minimum atomic E-state index is -3.38. The Hall–Kier alpha value is 0.364. The molecule has 0 aliphatic heterocycles. The van der Waals surface area contributed by atoms with Gasteiger partial charge in [-0.15, -0.1) is 0 Å². The van der Waals surface area contributed by atoms with Crippen molar-refractivity contribution < 1.29 is 29.2 Å². The van der Waals surface area contributed by atoms with Crippen molar-refractivity contribution in [3.05, 3.63) is 0 Å². The summed E-state index contributed by atoms with van der Waals surface area (Å²) in [5.41, 5.74) is 0. The van der Waals surface area contributed by atoms with E-state index in [1.165, 1.54) is 0 Å². The molecular formula is CH5NNiO3S. The minimum absolute atomic E-state index is 0. The predicted molar refractivity (Wildman–Crippen MR) is 20.1 cm³/mol. The molecule has 0 heterocycles. The Bertz CT molecular complexity index is 117. The topological polar surface area (TPSA) is 69.4 Å². The van der Waals surface area contributed by atoms with Crippen molar-refractivity contribution in [1.29, 1.82) is 0 Å². The fourth-order valence-electron chi connectivity index (χ4n) is 0. The summed E-state index contributed by atoms with van der Waals surface area (Å²) >= 11 is 0. The van der Waals surface area contributed by atoms with Crippen molar-refractivity contribution in [1.82, 2.24) is 0 Å². The molecular weight excluding hydrogens is 165 g/mol. The molecule has 0 aliphatic carbocycles. The van der Waals surface area contributed by atoms with Crippen LogP contribution in [-0.2, 0) is 30.9 Å². The van der Waals surface area contributed by atoms with Gasteiger partial charge in [-0.3, -0.25) is 0 Å². The smallest absolute Gasteiger partial charge is 0.198 e. The number of hydrogen-bond acceptors (Lipinski definition) is 4. The van der Waals surface area contributed by atoms with E-state index >= 15 is 0 Å². The normalized spacial score (nSPS) is 10.0. The summed E-state index contributed by atoms with van der Waals surface area (Å²) in [4.78, 5) is 0. The molecule has 0 amide bonds. The molecule has 0 rings (SSSR count). The zero-order chi connectivity index (χ0) is 5.21. The van der Waals surface area contributed by atoms with Gasteiger partial charge < -0.3 is 0 Å². The second-order valence-corrected chi connectivity index (χ2v) is 2.40. The molecule has 2 N–H and O–H groups in total. The third-order valence-electron chi connectivity index (χ3n) is 0.175. The van der Waals surface area contributed by atoms with E-state index in [9.17, 15) is 8.42 Å². The van der Waals surface area contributed by atoms with Crippen LogP contribution in [0.4, 0.5) is 0 Å². The van der Waals surface area contributed by atoms with Crippen LogP contribution in [0.15, 0.2) is 0 Å². The van der Waals surface area contributed by atoms with E-state index in [4.69, 9.17) is 0 Å². The van der Waals surface area contributed by atoms with E-state index in [2.05, 4.69) is 10.2 Å². The van der Waals surface area contributed by atoms with Gasteiger partial charge in [0.15, 0.2) is 0 Å². The van der Waals surface area contributed by atoms with Crippen molar-refractivity contribution in [3.63, 3.8) is 0 Å². The summed E-state index contributed by atoms with van der Waals surface area (Å²) in [7, 11) is -3.38. The van der Waals surface area contributed by atoms with Crippen molar-refractivity contribution >= 4 is 10.1 Å². The molecule has 0 saturated heterocycles. The molecule has 7 heavy (non-hydrogen) atoms. The second-order valence-electron chi connectivity index (χ2n) is 0.800. The van der Waals surface area contributed by atoms with E-state index in [0.29, 0.717) is 0 Å². The molecule has 0 fully saturated rings. The molecule has 6 heteroatoms. The van der Waals surface area contributed by atoms with Crippen LogP contribution in [0.5, 0.6) is 0 Å². The van der Waals surface area contributed by atoms with Gasteiger partial charge in [-0.05, 0) is 0 Å². The molecule has 0 radical (unpaired) electrons. The number of nitrogens with two attached hydrogens (primary N) is 1. The summed E-state index contributed by atoms with van der Waals surface area (Å²) in [5, 5.41) is 0. The maximum Gasteiger partial charge on any atom is 0.280 e. The largest absolute Gasteiger partial charge is 0.280 e. The van der Waals surface area contributed by atoms with Gasteiger partial charge in [-0.25, -0.2) is 0 Å². The molecule has 0 bridgehead atoms. The molecule has 0 spiro atoms. The second kappa shape index (κ2) is 3.38. The monoisotopic (exact) mass is 169 g/mol. The molecule has 0 aromatic rings. The zero-order valence-corrected chi connectivity index (χ0v) is 5.33. The summed E-state index contributed by atoms with van der Waals surface area (Å²) < 4.78 is 22.7. The third kappa shape index (κ3) is 10.7. The molecule has 0 aromatic heterocycles. The average molecular weight is 170 g/mol. The molecule has 0 atom stereocenters. The molecule has 0 saturated carbocycles. The van der Waals surface area contributed by atoms with Crippen LogP contribution >= 0.6 is 0 Å². The number of rotatable bonds is 1. The van der Waals surface area contributed by atoms with Gasteiger partial charge in [-0.1, -0.05) is 0 Å². The molecule has 0 unspecified atom stereocenters. The fourth-order valence-corrected chi connectivity index (χ4v) is 0. The Labute approximate surface area is 52.0 Å². The van der Waals surface area contributed by atoms with E-state index in [0.717, 1.165) is 6.26 Å². The van der Waals surface area contributed by atoms with E-state index in [1.54, 1.807) is 0 Å². The van der Waals surface area contributed by atoms with Gasteiger partial charge in [-0.2, -0.15) is 18.6 Å². The zero-order valence-electron chi connectivity index (χ0n) is 3.53. The maximum absolute atomic E-state index is 9.65. The van der Waals surface area contributed by atoms with E-state index < -0.39 is 10.1 Å². The predicted octanol–water partition coefficient (Wildman–Crippen LogP) is -1.17. The first-order valence-corrected chi connectivity index (χ1v) is 2.96. The van der Waals surface area contributed by atoms with Crippen LogP contribution in [0.3, 0.4) is 0 Å². The van der Waals surface area contributed by atoms with E-state index in [-0.39, 0.29) is 16.5 Å². The van der Waals surface area contributed by atoms with Gasteiger partial charge >= 0.3 is 0 Å². The Balaban J connectivity index is 0. The van der Waals surface area contributed by atoms with Gasteiger partial charge in [0, 0.05) is 16.5 Å². The average Bonchev–Trinajstić information content (AvgIpc) is 1.35. The van der Waals surface area contributed by atoms with Crippen molar-refractivity contribution in [2.45, 2.75) is 0 Å². The van der Waals surface area contributed by atoms with Crippen LogP contribution in [-0.4, -0.2) is 14.7 Å². The Morgan fingerprint density at radius 3 is 1.71 bits per heavy atom. The molecule has 48 valence electrons. The number of hydrogen-bond donors (Lipinski definition) is 1. The molecule has 0 aliphatic rings.